The molecule has 214 valence electrons. The van der Waals surface area contributed by atoms with Gasteiger partial charge >= 0.3 is 6.01 Å². The number of nitrogens with one attached hydrogen (secondary N) is 2. The second kappa shape index (κ2) is 10.0. The van der Waals surface area contributed by atoms with Gasteiger partial charge in [0, 0.05) is 37.0 Å². The molecule has 2 aromatic carbocycles. The smallest absolute Gasteiger partial charge is 0.319 e. The summed E-state index contributed by atoms with van der Waals surface area (Å²) in [6, 6.07) is 9.65. The van der Waals surface area contributed by atoms with Gasteiger partial charge in [-0.15, -0.1) is 0 Å². The summed E-state index contributed by atoms with van der Waals surface area (Å²) in [5.74, 6) is -0.932. The maximum absolute atomic E-state index is 16.4. The molecule has 10 heteroatoms. The number of anilines is 1. The molecule has 2 aliphatic heterocycles. The number of nitrogens with zero attached hydrogens (tertiary/aromatic N) is 3. The third kappa shape index (κ3) is 4.62. The number of ether oxygens (including phenoxy) is 1. The first-order chi connectivity index (χ1) is 19.8. The third-order valence-electron chi connectivity index (χ3n) is 9.23. The van der Waals surface area contributed by atoms with Crippen LogP contribution in [0.25, 0.3) is 22.0 Å². The van der Waals surface area contributed by atoms with Crippen molar-refractivity contribution in [3.05, 3.63) is 59.7 Å². The maximum Gasteiger partial charge on any atom is 0.319 e. The molecule has 2 saturated heterocycles. The lowest BCUT2D eigenvalue weighted by Gasteiger charge is -2.30. The van der Waals surface area contributed by atoms with E-state index in [0.717, 1.165) is 37.8 Å². The summed E-state index contributed by atoms with van der Waals surface area (Å²) in [5.41, 5.74) is 3.64. The minimum Gasteiger partial charge on any atom is -0.461 e. The molecule has 41 heavy (non-hydrogen) atoms. The molecule has 0 radical (unpaired) electrons. The average Bonchev–Trinajstić information content (AvgIpc) is 3.28. The van der Waals surface area contributed by atoms with E-state index in [-0.39, 0.29) is 31.2 Å². The zero-order valence-corrected chi connectivity index (χ0v) is 22.7. The molecule has 1 amide bonds. The van der Waals surface area contributed by atoms with Crippen molar-refractivity contribution in [3.63, 3.8) is 0 Å². The van der Waals surface area contributed by atoms with E-state index >= 15 is 4.39 Å². The Bertz CT molecular complexity index is 1560. The highest BCUT2D eigenvalue weighted by Crippen LogP contribution is 2.58. The van der Waals surface area contributed by atoms with Crippen LogP contribution in [-0.4, -0.2) is 65.3 Å². The monoisotopic (exact) mass is 563 g/mol. The molecule has 1 aromatic heterocycles. The number of hydrogen-bond donors (Lipinski definition) is 2. The van der Waals surface area contributed by atoms with Gasteiger partial charge in [-0.1, -0.05) is 30.8 Å². The van der Waals surface area contributed by atoms with Gasteiger partial charge in [0.1, 0.15) is 24.1 Å². The molecule has 3 heterocycles. The SMILES string of the molecule is C=C(F)C(=O)NCCNc1nc(OC[C@@]23CCCN2C[C@H](F)C3)nc2c(F)c(-c3cccc4c3C3CC3C4)ccc12. The van der Waals surface area contributed by atoms with Gasteiger partial charge < -0.3 is 15.4 Å². The third-order valence-corrected chi connectivity index (χ3v) is 9.23. The quantitative estimate of drug-likeness (QED) is 0.280. The molecule has 1 saturated carbocycles. The van der Waals surface area contributed by atoms with Gasteiger partial charge in [-0.3, -0.25) is 9.69 Å². The number of hydrogen-bond acceptors (Lipinski definition) is 6. The Hall–Kier alpha value is -3.66. The van der Waals surface area contributed by atoms with Gasteiger partial charge in [0.05, 0.1) is 5.54 Å². The van der Waals surface area contributed by atoms with Crippen LogP contribution in [-0.2, 0) is 11.2 Å². The van der Waals surface area contributed by atoms with Crippen LogP contribution in [0.4, 0.5) is 19.0 Å². The molecule has 3 aromatic rings. The molecule has 7 nitrogen and oxygen atoms in total. The summed E-state index contributed by atoms with van der Waals surface area (Å²) in [6.45, 7) is 4.72. The first-order valence-corrected chi connectivity index (χ1v) is 14.3. The second-order valence-corrected chi connectivity index (χ2v) is 11.8. The number of amides is 1. The molecule has 2 aliphatic carbocycles. The fourth-order valence-corrected chi connectivity index (χ4v) is 7.22. The first kappa shape index (κ1) is 26.3. The first-order valence-electron chi connectivity index (χ1n) is 14.3. The van der Waals surface area contributed by atoms with Crippen LogP contribution in [0.5, 0.6) is 6.01 Å². The molecule has 0 spiro atoms. The van der Waals surface area contributed by atoms with E-state index in [4.69, 9.17) is 4.74 Å². The van der Waals surface area contributed by atoms with Crippen LogP contribution >= 0.6 is 0 Å². The van der Waals surface area contributed by atoms with Crippen LogP contribution in [0.15, 0.2) is 42.7 Å². The number of carbonyl (C=O) groups is 1. The Morgan fingerprint density at radius 2 is 2.07 bits per heavy atom. The number of benzene rings is 2. The lowest BCUT2D eigenvalue weighted by molar-refractivity contribution is -0.118. The Morgan fingerprint density at radius 1 is 1.20 bits per heavy atom. The largest absolute Gasteiger partial charge is 0.461 e. The van der Waals surface area contributed by atoms with E-state index in [1.165, 1.54) is 11.1 Å². The summed E-state index contributed by atoms with van der Waals surface area (Å²) < 4.78 is 49.8. The van der Waals surface area contributed by atoms with E-state index in [0.29, 0.717) is 41.6 Å². The van der Waals surface area contributed by atoms with Crippen molar-refractivity contribution in [3.8, 4) is 17.1 Å². The Balaban J connectivity index is 1.22. The molecule has 2 unspecified atom stereocenters. The number of fused-ring (bicyclic) bond motifs is 5. The van der Waals surface area contributed by atoms with Crippen molar-refractivity contribution in [2.75, 3.05) is 38.1 Å². The topological polar surface area (TPSA) is 79.4 Å². The van der Waals surface area contributed by atoms with Crippen molar-refractivity contribution < 1.29 is 22.7 Å². The highest BCUT2D eigenvalue weighted by Gasteiger charge is 2.49. The highest BCUT2D eigenvalue weighted by molar-refractivity contribution is 5.94. The summed E-state index contributed by atoms with van der Waals surface area (Å²) in [5, 5.41) is 5.98. The van der Waals surface area contributed by atoms with E-state index in [2.05, 4.69) is 38.1 Å². The molecule has 4 atom stereocenters. The van der Waals surface area contributed by atoms with Gasteiger partial charge in [-0.2, -0.15) is 9.97 Å². The van der Waals surface area contributed by atoms with Gasteiger partial charge in [0.2, 0.25) is 0 Å². The second-order valence-electron chi connectivity index (χ2n) is 11.8. The predicted octanol–water partition coefficient (Wildman–Crippen LogP) is 5.06. The number of carbonyl (C=O) groups excluding carboxylic acids is 1. The summed E-state index contributed by atoms with van der Waals surface area (Å²) >= 11 is 0. The molecule has 4 aliphatic rings. The molecular formula is C31H32F3N5O2. The predicted molar refractivity (Wildman–Crippen MR) is 150 cm³/mol. The zero-order chi connectivity index (χ0) is 28.3. The fraction of sp³-hybridized carbons (Fsp3) is 0.452. The Morgan fingerprint density at radius 3 is 2.93 bits per heavy atom. The lowest BCUT2D eigenvalue weighted by atomic mass is 9.93. The lowest BCUT2D eigenvalue weighted by Crippen LogP contribution is -2.43. The number of rotatable bonds is 9. The van der Waals surface area contributed by atoms with Crippen molar-refractivity contribution in [2.45, 2.75) is 49.7 Å². The van der Waals surface area contributed by atoms with Gasteiger partial charge in [-0.25, -0.2) is 13.2 Å². The van der Waals surface area contributed by atoms with Gasteiger partial charge in [0.15, 0.2) is 11.6 Å². The average molecular weight is 564 g/mol. The molecule has 0 bridgehead atoms. The van der Waals surface area contributed by atoms with Crippen molar-refractivity contribution >= 4 is 22.6 Å². The van der Waals surface area contributed by atoms with Crippen LogP contribution in [0.2, 0.25) is 0 Å². The molecular weight excluding hydrogens is 531 g/mol. The van der Waals surface area contributed by atoms with E-state index < -0.39 is 29.3 Å². The van der Waals surface area contributed by atoms with Crippen LogP contribution in [0.3, 0.4) is 0 Å². The van der Waals surface area contributed by atoms with Gasteiger partial charge in [-0.05, 0) is 66.8 Å². The van der Waals surface area contributed by atoms with E-state index in [1.54, 1.807) is 12.1 Å². The van der Waals surface area contributed by atoms with Crippen LogP contribution < -0.4 is 15.4 Å². The van der Waals surface area contributed by atoms with Crippen LogP contribution in [0, 0.1) is 11.7 Å². The minimum absolute atomic E-state index is 0.00121. The van der Waals surface area contributed by atoms with E-state index in [9.17, 15) is 13.6 Å². The molecule has 2 N–H and O–H groups in total. The normalized spacial score (nSPS) is 26.0. The summed E-state index contributed by atoms with van der Waals surface area (Å²) in [7, 11) is 0. The van der Waals surface area contributed by atoms with E-state index in [1.807, 2.05) is 12.1 Å². The van der Waals surface area contributed by atoms with Crippen molar-refractivity contribution in [1.29, 1.82) is 0 Å². The van der Waals surface area contributed by atoms with Gasteiger partial charge in [0.25, 0.3) is 5.91 Å². The molecule has 7 rings (SSSR count). The fourth-order valence-electron chi connectivity index (χ4n) is 7.22. The number of alkyl halides is 1. The van der Waals surface area contributed by atoms with Crippen LogP contribution in [0.1, 0.15) is 42.7 Å². The standard InChI is InChI=1S/C31H32F3N5O2/c1-17(32)29(40)36-10-9-35-28-23-7-6-22(21-5-2-4-18-12-19-13-24(19)25(18)21)26(34)27(23)37-30(38-28)41-16-31-8-3-11-39(31)15-20(33)14-31/h2,4-7,19-20,24H,1,3,8-16H2,(H,36,40)(H,35,37,38)/t19?,20-,24?,31+/m1/s1. The zero-order valence-electron chi connectivity index (χ0n) is 22.7. The Kier molecular flexibility index (Phi) is 6.41. The van der Waals surface area contributed by atoms with Crippen molar-refractivity contribution in [1.82, 2.24) is 20.2 Å². The maximum atomic E-state index is 16.4. The highest BCUT2D eigenvalue weighted by atomic mass is 19.1. The number of halogens is 3. The van der Waals surface area contributed by atoms with Crippen molar-refractivity contribution in [2.24, 2.45) is 5.92 Å². The Labute approximate surface area is 236 Å². The number of aromatic nitrogens is 2. The summed E-state index contributed by atoms with van der Waals surface area (Å²) in [6.07, 6.45) is 3.49. The minimum atomic E-state index is -1.07. The molecule has 3 fully saturated rings. The summed E-state index contributed by atoms with van der Waals surface area (Å²) in [4.78, 5) is 22.7.